The zero-order chi connectivity index (χ0) is 16.2. The van der Waals surface area contributed by atoms with Gasteiger partial charge in [0, 0.05) is 5.56 Å². The minimum Gasteiger partial charge on any atom is -0.252 e. The Morgan fingerprint density at radius 3 is 2.21 bits per heavy atom. The van der Waals surface area contributed by atoms with Crippen LogP contribution in [0.25, 0.3) is 34.4 Å². The molecule has 0 N–H and O–H groups in total. The first-order chi connectivity index (χ1) is 11.9. The molecule has 3 heteroatoms. The van der Waals surface area contributed by atoms with Gasteiger partial charge in [-0.1, -0.05) is 48.5 Å². The topological polar surface area (TPSA) is 38.7 Å². The van der Waals surface area contributed by atoms with E-state index in [1.54, 1.807) is 6.20 Å². The quantitative estimate of drug-likeness (QED) is 0.542. The first-order valence-corrected chi connectivity index (χ1v) is 7.81. The molecule has 0 fully saturated rings. The second-order valence-electron chi connectivity index (χ2n) is 5.43. The van der Waals surface area contributed by atoms with Crippen LogP contribution in [0.4, 0.5) is 0 Å². The van der Waals surface area contributed by atoms with Gasteiger partial charge < -0.3 is 0 Å². The third-order valence-electron chi connectivity index (χ3n) is 3.73. The molecular weight excluding hydrogens is 294 g/mol. The molecule has 0 saturated carbocycles. The van der Waals surface area contributed by atoms with Crippen molar-refractivity contribution in [2.24, 2.45) is 0 Å². The molecule has 2 aromatic carbocycles. The average molecular weight is 309 g/mol. The lowest BCUT2D eigenvalue weighted by Gasteiger charge is -2.02. The van der Waals surface area contributed by atoms with E-state index >= 15 is 0 Å². The van der Waals surface area contributed by atoms with Crippen molar-refractivity contribution < 1.29 is 0 Å². The van der Waals surface area contributed by atoms with Gasteiger partial charge in [0.2, 0.25) is 0 Å². The van der Waals surface area contributed by atoms with Crippen molar-refractivity contribution in [2.75, 3.05) is 0 Å². The first kappa shape index (κ1) is 14.3. The summed E-state index contributed by atoms with van der Waals surface area (Å²) in [5.74, 6) is 0. The predicted octanol–water partition coefficient (Wildman–Crippen LogP) is 4.86. The lowest BCUT2D eigenvalue weighted by atomic mass is 10.1. The third kappa shape index (κ3) is 3.06. The van der Waals surface area contributed by atoms with Crippen LogP contribution in [0.15, 0.2) is 79.0 Å². The van der Waals surface area contributed by atoms with E-state index in [4.69, 9.17) is 0 Å². The Kier molecular flexibility index (Phi) is 3.82. The van der Waals surface area contributed by atoms with E-state index in [9.17, 15) is 0 Å². The van der Waals surface area contributed by atoms with Crippen LogP contribution in [0, 0.1) is 0 Å². The lowest BCUT2D eigenvalue weighted by molar-refractivity contribution is 1.26. The summed E-state index contributed by atoms with van der Waals surface area (Å²) >= 11 is 0. The second-order valence-corrected chi connectivity index (χ2v) is 5.43. The summed E-state index contributed by atoms with van der Waals surface area (Å²) in [6, 6.07) is 24.0. The van der Waals surface area contributed by atoms with E-state index in [-0.39, 0.29) is 0 Å². The van der Waals surface area contributed by atoms with Crippen molar-refractivity contribution >= 4 is 23.2 Å². The summed E-state index contributed by atoms with van der Waals surface area (Å²) in [4.78, 5) is 13.7. The van der Waals surface area contributed by atoms with Gasteiger partial charge in [0.15, 0.2) is 0 Å². The fourth-order valence-electron chi connectivity index (χ4n) is 2.54. The molecule has 0 bridgehead atoms. The molecule has 4 aromatic rings. The molecule has 2 aromatic heterocycles. The summed E-state index contributed by atoms with van der Waals surface area (Å²) in [6.45, 7) is 0. The molecule has 24 heavy (non-hydrogen) atoms. The molecule has 0 aliphatic carbocycles. The van der Waals surface area contributed by atoms with E-state index in [1.807, 2.05) is 72.8 Å². The average Bonchev–Trinajstić information content (AvgIpc) is 2.67. The third-order valence-corrected chi connectivity index (χ3v) is 3.73. The molecule has 4 rings (SSSR count). The van der Waals surface area contributed by atoms with Gasteiger partial charge in [-0.05, 0) is 36.4 Å². The Labute approximate surface area is 140 Å². The van der Waals surface area contributed by atoms with Gasteiger partial charge in [0.05, 0.1) is 34.3 Å². The van der Waals surface area contributed by atoms with Gasteiger partial charge in [-0.3, -0.25) is 4.98 Å². The standard InChI is InChI=1S/C21H15N3/c1-2-7-16(8-3-1)19-12-6-9-17(23-19)13-14-18-15-22-20-10-4-5-11-21(20)24-18/h1-15H/b14-13+. The van der Waals surface area contributed by atoms with Crippen molar-refractivity contribution in [3.63, 3.8) is 0 Å². The molecule has 0 amide bonds. The maximum Gasteiger partial charge on any atom is 0.0894 e. The monoisotopic (exact) mass is 309 g/mol. The van der Waals surface area contributed by atoms with Crippen molar-refractivity contribution in [1.29, 1.82) is 0 Å². The van der Waals surface area contributed by atoms with E-state index in [1.165, 1.54) is 0 Å². The van der Waals surface area contributed by atoms with E-state index in [0.29, 0.717) is 0 Å². The van der Waals surface area contributed by atoms with Gasteiger partial charge in [-0.25, -0.2) is 9.97 Å². The number of fused-ring (bicyclic) bond motifs is 1. The lowest BCUT2D eigenvalue weighted by Crippen LogP contribution is -1.88. The first-order valence-electron chi connectivity index (χ1n) is 7.81. The number of pyridine rings is 1. The maximum absolute atomic E-state index is 4.69. The van der Waals surface area contributed by atoms with Crippen LogP contribution in [0.5, 0.6) is 0 Å². The number of para-hydroxylation sites is 2. The molecule has 0 radical (unpaired) electrons. The molecular formula is C21H15N3. The largest absolute Gasteiger partial charge is 0.252 e. The highest BCUT2D eigenvalue weighted by Crippen LogP contribution is 2.17. The number of hydrogen-bond donors (Lipinski definition) is 0. The fraction of sp³-hybridized carbons (Fsp3) is 0. The van der Waals surface area contributed by atoms with Gasteiger partial charge in [-0.2, -0.15) is 0 Å². The normalized spacial score (nSPS) is 11.2. The zero-order valence-corrected chi connectivity index (χ0v) is 13.0. The minimum absolute atomic E-state index is 0.820. The highest BCUT2D eigenvalue weighted by Gasteiger charge is 1.99. The molecule has 0 spiro atoms. The highest BCUT2D eigenvalue weighted by atomic mass is 14.8. The minimum atomic E-state index is 0.820. The molecule has 0 unspecified atom stereocenters. The van der Waals surface area contributed by atoms with Crippen molar-refractivity contribution in [2.45, 2.75) is 0 Å². The molecule has 3 nitrogen and oxygen atoms in total. The number of nitrogens with zero attached hydrogens (tertiary/aromatic N) is 3. The second kappa shape index (κ2) is 6.42. The van der Waals surface area contributed by atoms with Gasteiger partial charge >= 0.3 is 0 Å². The summed E-state index contributed by atoms with van der Waals surface area (Å²) in [6.07, 6.45) is 5.68. The van der Waals surface area contributed by atoms with E-state index < -0.39 is 0 Å². The van der Waals surface area contributed by atoms with Crippen molar-refractivity contribution in [3.05, 3.63) is 90.4 Å². The smallest absolute Gasteiger partial charge is 0.0894 e. The van der Waals surface area contributed by atoms with Gasteiger partial charge in [0.1, 0.15) is 0 Å². The van der Waals surface area contributed by atoms with Crippen LogP contribution < -0.4 is 0 Å². The number of benzene rings is 2. The summed E-state index contributed by atoms with van der Waals surface area (Å²) < 4.78 is 0. The SMILES string of the molecule is C(=C\c1cnc2ccccc2n1)/c1cccc(-c2ccccc2)n1. The Hall–Kier alpha value is -3.33. The number of hydrogen-bond acceptors (Lipinski definition) is 3. The van der Waals surface area contributed by atoms with Crippen LogP contribution in [0.3, 0.4) is 0 Å². The highest BCUT2D eigenvalue weighted by molar-refractivity contribution is 5.76. The van der Waals surface area contributed by atoms with Crippen LogP contribution >= 0.6 is 0 Å². The van der Waals surface area contributed by atoms with E-state index in [2.05, 4.69) is 27.1 Å². The number of rotatable bonds is 3. The molecule has 0 aliphatic rings. The Morgan fingerprint density at radius 2 is 1.33 bits per heavy atom. The molecule has 0 aliphatic heterocycles. The molecule has 2 heterocycles. The van der Waals surface area contributed by atoms with Crippen LogP contribution in [0.2, 0.25) is 0 Å². The van der Waals surface area contributed by atoms with Crippen LogP contribution in [-0.4, -0.2) is 15.0 Å². The summed E-state index contributed by atoms with van der Waals surface area (Å²) in [7, 11) is 0. The van der Waals surface area contributed by atoms with Crippen molar-refractivity contribution in [1.82, 2.24) is 15.0 Å². The predicted molar refractivity (Wildman–Crippen MR) is 98.1 cm³/mol. The Morgan fingerprint density at radius 1 is 0.583 bits per heavy atom. The van der Waals surface area contributed by atoms with Crippen molar-refractivity contribution in [3.8, 4) is 11.3 Å². The van der Waals surface area contributed by atoms with Crippen LogP contribution in [-0.2, 0) is 0 Å². The summed E-state index contributed by atoms with van der Waals surface area (Å²) in [5, 5.41) is 0. The Balaban J connectivity index is 1.63. The Bertz CT molecular complexity index is 1010. The molecule has 0 saturated heterocycles. The fourth-order valence-corrected chi connectivity index (χ4v) is 2.54. The zero-order valence-electron chi connectivity index (χ0n) is 13.0. The van der Waals surface area contributed by atoms with E-state index in [0.717, 1.165) is 33.7 Å². The number of aromatic nitrogens is 3. The maximum atomic E-state index is 4.69. The van der Waals surface area contributed by atoms with Gasteiger partial charge in [-0.15, -0.1) is 0 Å². The van der Waals surface area contributed by atoms with Crippen LogP contribution in [0.1, 0.15) is 11.4 Å². The summed E-state index contributed by atoms with van der Waals surface area (Å²) in [5.41, 5.74) is 5.58. The molecule has 114 valence electrons. The van der Waals surface area contributed by atoms with Gasteiger partial charge in [0.25, 0.3) is 0 Å². The molecule has 0 atom stereocenters.